The Balaban J connectivity index is 2.13. The number of benzene rings is 1. The molecule has 20 heavy (non-hydrogen) atoms. The number of halogens is 3. The predicted octanol–water partition coefficient (Wildman–Crippen LogP) is 3.47. The molecular formula is C13H10Cl2FN3O. The third-order valence-corrected chi connectivity index (χ3v) is 3.05. The Labute approximate surface area is 124 Å². The summed E-state index contributed by atoms with van der Waals surface area (Å²) in [5, 5.41) is 13.7. The first-order valence-corrected chi connectivity index (χ1v) is 6.35. The van der Waals surface area contributed by atoms with Crippen LogP contribution in [0, 0.1) is 5.82 Å². The number of rotatable bonds is 4. The van der Waals surface area contributed by atoms with Crippen LogP contribution in [0.3, 0.4) is 0 Å². The van der Waals surface area contributed by atoms with Gasteiger partial charge in [-0.15, -0.1) is 0 Å². The van der Waals surface area contributed by atoms with Gasteiger partial charge >= 0.3 is 0 Å². The molecule has 1 aromatic heterocycles. The molecule has 0 atom stereocenters. The van der Waals surface area contributed by atoms with Gasteiger partial charge in [0.15, 0.2) is 0 Å². The number of aliphatic hydroxyl groups excluding tert-OH is 1. The van der Waals surface area contributed by atoms with Crippen LogP contribution in [0.5, 0.6) is 0 Å². The quantitative estimate of drug-likeness (QED) is 0.671. The van der Waals surface area contributed by atoms with E-state index in [4.69, 9.17) is 28.3 Å². The molecule has 1 heterocycles. The minimum atomic E-state index is -0.426. The molecule has 0 radical (unpaired) electrons. The maximum atomic E-state index is 12.7. The van der Waals surface area contributed by atoms with Crippen molar-refractivity contribution in [3.8, 4) is 0 Å². The van der Waals surface area contributed by atoms with Gasteiger partial charge < -0.3 is 5.11 Å². The smallest absolute Gasteiger partial charge is 0.146 e. The molecule has 0 amide bonds. The van der Waals surface area contributed by atoms with Crippen molar-refractivity contribution in [2.24, 2.45) is 5.10 Å². The van der Waals surface area contributed by atoms with Gasteiger partial charge in [-0.25, -0.2) is 9.37 Å². The van der Waals surface area contributed by atoms with Crippen molar-refractivity contribution in [2.75, 3.05) is 5.43 Å². The van der Waals surface area contributed by atoms with Crippen LogP contribution in [0.15, 0.2) is 35.6 Å². The molecule has 0 saturated carbocycles. The maximum Gasteiger partial charge on any atom is 0.146 e. The number of hydrogen-bond acceptors (Lipinski definition) is 4. The summed E-state index contributed by atoms with van der Waals surface area (Å²) >= 11 is 12.1. The fraction of sp³-hybridized carbons (Fsp3) is 0.0769. The van der Waals surface area contributed by atoms with Gasteiger partial charge in [-0.3, -0.25) is 5.43 Å². The number of aliphatic hydroxyl groups is 1. The molecule has 1 aromatic carbocycles. The molecule has 0 spiro atoms. The van der Waals surface area contributed by atoms with E-state index < -0.39 is 5.82 Å². The van der Waals surface area contributed by atoms with Crippen LogP contribution < -0.4 is 5.43 Å². The second-order valence-electron chi connectivity index (χ2n) is 3.86. The second-order valence-corrected chi connectivity index (χ2v) is 4.68. The summed E-state index contributed by atoms with van der Waals surface area (Å²) in [5.74, 6) is -0.0351. The molecule has 0 aliphatic heterocycles. The Morgan fingerprint density at radius 3 is 2.55 bits per heavy atom. The second kappa shape index (κ2) is 6.65. The molecule has 2 N–H and O–H groups in total. The lowest BCUT2D eigenvalue weighted by atomic mass is 10.1. The summed E-state index contributed by atoms with van der Waals surface area (Å²) in [6, 6.07) is 5.92. The molecule has 4 nitrogen and oxygen atoms in total. The topological polar surface area (TPSA) is 57.5 Å². The van der Waals surface area contributed by atoms with Crippen molar-refractivity contribution in [2.45, 2.75) is 6.61 Å². The Hall–Kier alpha value is -1.69. The van der Waals surface area contributed by atoms with Crippen LogP contribution in [-0.2, 0) is 6.61 Å². The lowest BCUT2D eigenvalue weighted by molar-refractivity contribution is 0.282. The number of hydrogen-bond donors (Lipinski definition) is 2. The first kappa shape index (κ1) is 14.7. The fourth-order valence-electron chi connectivity index (χ4n) is 1.46. The lowest BCUT2D eigenvalue weighted by Crippen LogP contribution is -1.95. The zero-order valence-electron chi connectivity index (χ0n) is 10.1. The highest BCUT2D eigenvalue weighted by atomic mass is 35.5. The third kappa shape index (κ3) is 3.66. The molecule has 0 aliphatic carbocycles. The molecule has 104 valence electrons. The third-order valence-electron chi connectivity index (χ3n) is 2.42. The van der Waals surface area contributed by atoms with Gasteiger partial charge in [0.2, 0.25) is 0 Å². The number of hydrazone groups is 1. The summed E-state index contributed by atoms with van der Waals surface area (Å²) < 4.78 is 12.7. The van der Waals surface area contributed by atoms with E-state index in [1.54, 1.807) is 12.1 Å². The van der Waals surface area contributed by atoms with E-state index in [1.165, 1.54) is 18.3 Å². The molecule has 2 aromatic rings. The van der Waals surface area contributed by atoms with Gasteiger partial charge in [0.05, 0.1) is 29.1 Å². The molecule has 7 heteroatoms. The molecule has 0 bridgehead atoms. The van der Waals surface area contributed by atoms with Gasteiger partial charge in [0, 0.05) is 5.56 Å². The van der Waals surface area contributed by atoms with Crippen LogP contribution in [0.4, 0.5) is 10.2 Å². The van der Waals surface area contributed by atoms with Crippen molar-refractivity contribution in [1.82, 2.24) is 4.98 Å². The Morgan fingerprint density at radius 2 is 2.00 bits per heavy atom. The van der Waals surface area contributed by atoms with Gasteiger partial charge in [0.1, 0.15) is 11.6 Å². The monoisotopic (exact) mass is 313 g/mol. The van der Waals surface area contributed by atoms with Crippen LogP contribution >= 0.6 is 23.2 Å². The minimum absolute atomic E-state index is 0.144. The van der Waals surface area contributed by atoms with Gasteiger partial charge in [-0.2, -0.15) is 5.10 Å². The van der Waals surface area contributed by atoms with E-state index in [9.17, 15) is 4.39 Å². The van der Waals surface area contributed by atoms with Crippen molar-refractivity contribution in [3.63, 3.8) is 0 Å². The Morgan fingerprint density at radius 1 is 1.30 bits per heavy atom. The Bertz CT molecular complexity index is 609. The zero-order chi connectivity index (χ0) is 14.5. The van der Waals surface area contributed by atoms with Crippen LogP contribution in [0.1, 0.15) is 11.1 Å². The normalized spacial score (nSPS) is 11.0. The van der Waals surface area contributed by atoms with Crippen molar-refractivity contribution in [1.29, 1.82) is 0 Å². The van der Waals surface area contributed by atoms with Gasteiger partial charge in [0.25, 0.3) is 0 Å². The maximum absolute atomic E-state index is 12.7. The van der Waals surface area contributed by atoms with Crippen LogP contribution in [-0.4, -0.2) is 16.3 Å². The molecule has 0 fully saturated rings. The summed E-state index contributed by atoms with van der Waals surface area (Å²) in [7, 11) is 0. The molecular weight excluding hydrogens is 304 g/mol. The van der Waals surface area contributed by atoms with E-state index in [2.05, 4.69) is 15.5 Å². The summed E-state index contributed by atoms with van der Waals surface area (Å²) in [6.45, 7) is -0.144. The summed E-state index contributed by atoms with van der Waals surface area (Å²) in [5.41, 5.74) is 3.76. The van der Waals surface area contributed by atoms with E-state index >= 15 is 0 Å². The predicted molar refractivity (Wildman–Crippen MR) is 77.8 cm³/mol. The van der Waals surface area contributed by atoms with E-state index in [-0.39, 0.29) is 6.61 Å². The average Bonchev–Trinajstić information content (AvgIpc) is 2.43. The van der Waals surface area contributed by atoms with Gasteiger partial charge in [-0.1, -0.05) is 23.2 Å². The lowest BCUT2D eigenvalue weighted by Gasteiger charge is -2.05. The molecule has 2 rings (SSSR count). The molecule has 0 unspecified atom stereocenters. The summed E-state index contributed by atoms with van der Waals surface area (Å²) in [6.07, 6.45) is 2.50. The zero-order valence-corrected chi connectivity index (χ0v) is 11.7. The first-order chi connectivity index (χ1) is 9.60. The average molecular weight is 314 g/mol. The number of pyridine rings is 1. The first-order valence-electron chi connectivity index (χ1n) is 5.59. The number of nitrogens with zero attached hydrogens (tertiary/aromatic N) is 2. The number of aromatic nitrogens is 1. The number of nitrogens with one attached hydrogen (secondary N) is 1. The summed E-state index contributed by atoms with van der Waals surface area (Å²) in [4.78, 5) is 3.78. The van der Waals surface area contributed by atoms with Crippen molar-refractivity contribution < 1.29 is 9.50 Å². The van der Waals surface area contributed by atoms with E-state index in [0.717, 1.165) is 6.20 Å². The largest absolute Gasteiger partial charge is 0.392 e. The highest BCUT2D eigenvalue weighted by Crippen LogP contribution is 2.25. The van der Waals surface area contributed by atoms with E-state index in [0.29, 0.717) is 27.0 Å². The minimum Gasteiger partial charge on any atom is -0.392 e. The Kier molecular flexibility index (Phi) is 4.89. The number of anilines is 1. The van der Waals surface area contributed by atoms with Crippen molar-refractivity contribution >= 4 is 35.2 Å². The molecule has 0 aliphatic rings. The van der Waals surface area contributed by atoms with Crippen LogP contribution in [0.25, 0.3) is 0 Å². The molecule has 0 saturated heterocycles. The SMILES string of the molecule is OCc1cc(Cl)c(/C=N/Nc2ccc(F)cn2)c(Cl)c1. The highest BCUT2D eigenvalue weighted by molar-refractivity contribution is 6.38. The van der Waals surface area contributed by atoms with Crippen molar-refractivity contribution in [3.05, 3.63) is 57.5 Å². The fourth-order valence-corrected chi connectivity index (χ4v) is 2.09. The standard InChI is InChI=1S/C13H10Cl2FN3O/c14-11-3-8(7-20)4-12(15)10(11)6-18-19-13-2-1-9(16)5-17-13/h1-6,20H,7H2,(H,17,19)/b18-6+. The highest BCUT2D eigenvalue weighted by Gasteiger charge is 2.06. The van der Waals surface area contributed by atoms with E-state index in [1.807, 2.05) is 0 Å². The van der Waals surface area contributed by atoms with Crippen LogP contribution in [0.2, 0.25) is 10.0 Å². The van der Waals surface area contributed by atoms with Gasteiger partial charge in [-0.05, 0) is 29.8 Å².